The van der Waals surface area contributed by atoms with Crippen LogP contribution in [0.25, 0.3) is 0 Å². The molecule has 2 aromatic rings. The zero-order valence-corrected chi connectivity index (χ0v) is 11.2. The fraction of sp³-hybridized carbons (Fsp3) is 0.214. The van der Waals surface area contributed by atoms with Gasteiger partial charge in [0.05, 0.1) is 12.8 Å². The Labute approximate surface area is 112 Å². The van der Waals surface area contributed by atoms with Crippen molar-refractivity contribution >= 4 is 17.3 Å². The summed E-state index contributed by atoms with van der Waals surface area (Å²) in [6.45, 7) is 2.67. The first-order valence-corrected chi connectivity index (χ1v) is 6.06. The number of rotatable bonds is 4. The largest absolute Gasteiger partial charge is 0.497 e. The number of hydrogen-bond donors (Lipinski definition) is 1. The lowest BCUT2D eigenvalue weighted by molar-refractivity contribution is 0.414. The van der Waals surface area contributed by atoms with Gasteiger partial charge < -0.3 is 10.1 Å². The smallest absolute Gasteiger partial charge is 0.152 e. The second kappa shape index (κ2) is 5.74. The highest BCUT2D eigenvalue weighted by Crippen LogP contribution is 2.21. The van der Waals surface area contributed by atoms with E-state index >= 15 is 0 Å². The van der Waals surface area contributed by atoms with E-state index < -0.39 is 0 Å². The number of aromatic nitrogens is 1. The molecular formula is C14H15ClN2O. The third-order valence-corrected chi connectivity index (χ3v) is 2.89. The summed E-state index contributed by atoms with van der Waals surface area (Å²) in [4.78, 5) is 4.10. The Bertz CT molecular complexity index is 543. The quantitative estimate of drug-likeness (QED) is 0.854. The van der Waals surface area contributed by atoms with Gasteiger partial charge in [-0.05, 0) is 36.2 Å². The molecule has 18 heavy (non-hydrogen) atoms. The fourth-order valence-electron chi connectivity index (χ4n) is 1.66. The Morgan fingerprint density at radius 1 is 1.33 bits per heavy atom. The number of benzene rings is 1. The van der Waals surface area contributed by atoms with E-state index in [-0.39, 0.29) is 0 Å². The van der Waals surface area contributed by atoms with Crippen LogP contribution in [0.2, 0.25) is 5.15 Å². The average Bonchev–Trinajstić information content (AvgIpc) is 2.40. The SMILES string of the molecule is COc1cccc(CNc2cc(C)cnc2Cl)c1. The molecule has 0 radical (unpaired) electrons. The lowest BCUT2D eigenvalue weighted by Gasteiger charge is -2.09. The molecule has 0 atom stereocenters. The maximum absolute atomic E-state index is 6.02. The van der Waals surface area contributed by atoms with Crippen molar-refractivity contribution in [1.29, 1.82) is 0 Å². The topological polar surface area (TPSA) is 34.1 Å². The van der Waals surface area contributed by atoms with Crippen LogP contribution in [0.4, 0.5) is 5.69 Å². The Morgan fingerprint density at radius 2 is 2.17 bits per heavy atom. The predicted molar refractivity (Wildman–Crippen MR) is 74.3 cm³/mol. The number of nitrogens with one attached hydrogen (secondary N) is 1. The van der Waals surface area contributed by atoms with Crippen LogP contribution < -0.4 is 10.1 Å². The highest BCUT2D eigenvalue weighted by Gasteiger charge is 2.02. The van der Waals surface area contributed by atoms with Gasteiger partial charge in [0.1, 0.15) is 5.75 Å². The molecule has 2 rings (SSSR count). The monoisotopic (exact) mass is 262 g/mol. The van der Waals surface area contributed by atoms with Crippen molar-refractivity contribution in [2.75, 3.05) is 12.4 Å². The summed E-state index contributed by atoms with van der Waals surface area (Å²) < 4.78 is 5.18. The van der Waals surface area contributed by atoms with Crippen LogP contribution in [0.3, 0.4) is 0 Å². The Balaban J connectivity index is 2.08. The highest BCUT2D eigenvalue weighted by molar-refractivity contribution is 6.31. The molecule has 0 aliphatic rings. The summed E-state index contributed by atoms with van der Waals surface area (Å²) in [5.41, 5.74) is 3.05. The van der Waals surface area contributed by atoms with Crippen molar-refractivity contribution < 1.29 is 4.74 Å². The third-order valence-electron chi connectivity index (χ3n) is 2.59. The number of ether oxygens (including phenoxy) is 1. The van der Waals surface area contributed by atoms with Crippen LogP contribution in [0.5, 0.6) is 5.75 Å². The van der Waals surface area contributed by atoms with Gasteiger partial charge in [-0.3, -0.25) is 0 Å². The first kappa shape index (κ1) is 12.7. The molecular weight excluding hydrogens is 248 g/mol. The van der Waals surface area contributed by atoms with Gasteiger partial charge in [-0.25, -0.2) is 4.98 Å². The Hall–Kier alpha value is -1.74. The molecule has 0 spiro atoms. The van der Waals surface area contributed by atoms with Crippen LogP contribution in [0.1, 0.15) is 11.1 Å². The number of nitrogens with zero attached hydrogens (tertiary/aromatic N) is 1. The van der Waals surface area contributed by atoms with Crippen LogP contribution in [-0.2, 0) is 6.54 Å². The van der Waals surface area contributed by atoms with Crippen LogP contribution in [-0.4, -0.2) is 12.1 Å². The minimum atomic E-state index is 0.489. The van der Waals surface area contributed by atoms with Crippen molar-refractivity contribution in [3.63, 3.8) is 0 Å². The van der Waals surface area contributed by atoms with E-state index in [1.54, 1.807) is 13.3 Å². The van der Waals surface area contributed by atoms with E-state index in [9.17, 15) is 0 Å². The molecule has 0 aliphatic carbocycles. The lowest BCUT2D eigenvalue weighted by Crippen LogP contribution is -2.01. The second-order valence-electron chi connectivity index (χ2n) is 4.06. The van der Waals surface area contributed by atoms with Gasteiger partial charge in [0.15, 0.2) is 5.15 Å². The summed E-state index contributed by atoms with van der Waals surface area (Å²) >= 11 is 6.02. The highest BCUT2D eigenvalue weighted by atomic mass is 35.5. The zero-order chi connectivity index (χ0) is 13.0. The molecule has 0 unspecified atom stereocenters. The molecule has 1 heterocycles. The summed E-state index contributed by atoms with van der Waals surface area (Å²) in [5, 5.41) is 3.76. The summed E-state index contributed by atoms with van der Waals surface area (Å²) in [7, 11) is 1.66. The molecule has 1 aromatic heterocycles. The number of anilines is 1. The molecule has 1 aromatic carbocycles. The van der Waals surface area contributed by atoms with Crippen LogP contribution >= 0.6 is 11.6 Å². The minimum absolute atomic E-state index is 0.489. The van der Waals surface area contributed by atoms with Gasteiger partial charge in [-0.2, -0.15) is 0 Å². The molecule has 0 amide bonds. The Morgan fingerprint density at radius 3 is 2.94 bits per heavy atom. The van der Waals surface area contributed by atoms with E-state index in [4.69, 9.17) is 16.3 Å². The molecule has 0 bridgehead atoms. The summed E-state index contributed by atoms with van der Waals surface area (Å²) in [6, 6.07) is 9.89. The van der Waals surface area contributed by atoms with Crippen molar-refractivity contribution in [3.05, 3.63) is 52.8 Å². The first-order valence-electron chi connectivity index (χ1n) is 5.68. The first-order chi connectivity index (χ1) is 8.69. The molecule has 94 valence electrons. The molecule has 0 aliphatic heterocycles. The standard InChI is InChI=1S/C14H15ClN2O/c1-10-6-13(14(15)17-8-10)16-9-11-4-3-5-12(7-11)18-2/h3-8,16H,9H2,1-2H3. The number of hydrogen-bond acceptors (Lipinski definition) is 3. The molecule has 0 saturated heterocycles. The minimum Gasteiger partial charge on any atom is -0.497 e. The molecule has 3 nitrogen and oxygen atoms in total. The van der Waals surface area contributed by atoms with Gasteiger partial charge in [0.2, 0.25) is 0 Å². The average molecular weight is 263 g/mol. The van der Waals surface area contributed by atoms with Gasteiger partial charge in [-0.15, -0.1) is 0 Å². The fourth-order valence-corrected chi connectivity index (χ4v) is 1.83. The number of halogens is 1. The molecule has 4 heteroatoms. The van der Waals surface area contributed by atoms with Gasteiger partial charge >= 0.3 is 0 Å². The van der Waals surface area contributed by atoms with E-state index in [0.717, 1.165) is 22.6 Å². The summed E-state index contributed by atoms with van der Waals surface area (Å²) in [6.07, 6.45) is 1.75. The van der Waals surface area contributed by atoms with E-state index in [0.29, 0.717) is 11.7 Å². The van der Waals surface area contributed by atoms with Crippen LogP contribution in [0.15, 0.2) is 36.5 Å². The van der Waals surface area contributed by atoms with Gasteiger partial charge in [0, 0.05) is 12.7 Å². The number of methoxy groups -OCH3 is 1. The predicted octanol–water partition coefficient (Wildman–Crippen LogP) is 3.66. The molecule has 0 saturated carbocycles. The second-order valence-corrected chi connectivity index (χ2v) is 4.41. The number of aryl methyl sites for hydroxylation is 1. The van der Waals surface area contributed by atoms with Crippen molar-refractivity contribution in [2.24, 2.45) is 0 Å². The normalized spacial score (nSPS) is 10.2. The van der Waals surface area contributed by atoms with E-state index in [1.165, 1.54) is 0 Å². The van der Waals surface area contributed by atoms with Crippen molar-refractivity contribution in [3.8, 4) is 5.75 Å². The lowest BCUT2D eigenvalue weighted by atomic mass is 10.2. The van der Waals surface area contributed by atoms with Gasteiger partial charge in [-0.1, -0.05) is 23.7 Å². The third kappa shape index (κ3) is 3.14. The van der Waals surface area contributed by atoms with Gasteiger partial charge in [0.25, 0.3) is 0 Å². The van der Waals surface area contributed by atoms with Crippen molar-refractivity contribution in [1.82, 2.24) is 4.98 Å². The van der Waals surface area contributed by atoms with Crippen molar-refractivity contribution in [2.45, 2.75) is 13.5 Å². The maximum atomic E-state index is 6.02. The maximum Gasteiger partial charge on any atom is 0.152 e. The Kier molecular flexibility index (Phi) is 4.05. The zero-order valence-electron chi connectivity index (χ0n) is 10.4. The van der Waals surface area contributed by atoms with E-state index in [2.05, 4.69) is 10.3 Å². The molecule has 0 fully saturated rings. The van der Waals surface area contributed by atoms with Crippen LogP contribution in [0, 0.1) is 6.92 Å². The number of pyridine rings is 1. The molecule has 1 N–H and O–H groups in total. The van der Waals surface area contributed by atoms with E-state index in [1.807, 2.05) is 37.3 Å². The summed E-state index contributed by atoms with van der Waals surface area (Å²) in [5.74, 6) is 0.850.